The summed E-state index contributed by atoms with van der Waals surface area (Å²) in [5.74, 6) is 0. The van der Waals surface area contributed by atoms with Crippen molar-refractivity contribution in [2.24, 2.45) is 0 Å². The summed E-state index contributed by atoms with van der Waals surface area (Å²) in [4.78, 5) is 0. The molecule has 1 heterocycles. The Balaban J connectivity index is 0.000000106. The lowest BCUT2D eigenvalue weighted by Gasteiger charge is -2.18. The van der Waals surface area contributed by atoms with Gasteiger partial charge in [0.15, 0.2) is 0 Å². The smallest absolute Gasteiger partial charge is 0.136 e. The van der Waals surface area contributed by atoms with E-state index < -0.39 is 0 Å². The van der Waals surface area contributed by atoms with E-state index in [1.807, 2.05) is 12.1 Å². The summed E-state index contributed by atoms with van der Waals surface area (Å²) < 4.78 is 6.28. The van der Waals surface area contributed by atoms with Gasteiger partial charge >= 0.3 is 0 Å². The van der Waals surface area contributed by atoms with Crippen molar-refractivity contribution in [1.82, 2.24) is 0 Å². The molecule has 0 saturated carbocycles. The first kappa shape index (κ1) is 66.9. The minimum absolute atomic E-state index is 0.921. The average Bonchev–Trinajstić information content (AvgIpc) is 1.37. The number of hydrogen-bond donors (Lipinski definition) is 0. The van der Waals surface area contributed by atoms with Gasteiger partial charge in [0.2, 0.25) is 0 Å². The summed E-state index contributed by atoms with van der Waals surface area (Å²) in [6.45, 7) is 0. The molecule has 0 aliphatic carbocycles. The zero-order valence-corrected chi connectivity index (χ0v) is 63.0. The molecule has 0 fully saturated rings. The Bertz CT molecular complexity index is 7850. The summed E-state index contributed by atoms with van der Waals surface area (Å²) in [5.41, 5.74) is 19.5. The summed E-state index contributed by atoms with van der Waals surface area (Å²) >= 11 is 0. The SMILES string of the molecule is c1ccc(-c2c3ccccc3c(-c3ccc4ccc5ccccc5c4c3)c3ccccc23)cc1.c1ccc(-c2c3ccccc3c(-c3cccc(-c4cccc5c4ccc4cc6ccccc6cc45)c3)c3ccccc23)cc1.c1ccc2c(-c3c4ccccc4c(-c4ccc5c(c4)oc4ccccc45)c4ccccc34)cccc2c1. The van der Waals surface area contributed by atoms with Crippen LogP contribution in [0.2, 0.25) is 0 Å². The fourth-order valence-electron chi connectivity index (χ4n) is 18.8. The molecular formula is C114H72O. The molecule has 24 rings (SSSR count). The number of fused-ring (bicyclic) bond motifs is 17. The second-order valence-corrected chi connectivity index (χ2v) is 30.3. The molecule has 0 radical (unpaired) electrons. The molecule has 1 aromatic heterocycles. The van der Waals surface area contributed by atoms with Crippen molar-refractivity contribution in [3.8, 4) is 77.9 Å². The zero-order chi connectivity index (χ0) is 75.9. The number of para-hydroxylation sites is 1. The van der Waals surface area contributed by atoms with E-state index in [1.165, 1.54) is 207 Å². The van der Waals surface area contributed by atoms with Gasteiger partial charge < -0.3 is 4.42 Å². The first-order valence-corrected chi connectivity index (χ1v) is 39.8. The van der Waals surface area contributed by atoms with Gasteiger partial charge in [-0.1, -0.05) is 394 Å². The summed E-state index contributed by atoms with van der Waals surface area (Å²) in [5, 5.41) is 33.0. The molecule has 0 bridgehead atoms. The molecule has 0 aliphatic rings. The van der Waals surface area contributed by atoms with Crippen molar-refractivity contribution in [3.05, 3.63) is 437 Å². The molecule has 1 nitrogen and oxygen atoms in total. The molecule has 0 amide bonds. The lowest BCUT2D eigenvalue weighted by Crippen LogP contribution is -1.91. The Morgan fingerprint density at radius 2 is 0.426 bits per heavy atom. The van der Waals surface area contributed by atoms with Crippen molar-refractivity contribution in [2.75, 3.05) is 0 Å². The molecule has 0 aliphatic heterocycles. The lowest BCUT2D eigenvalue weighted by molar-refractivity contribution is 0.669. The molecule has 534 valence electrons. The first-order valence-electron chi connectivity index (χ1n) is 39.8. The molecule has 0 saturated heterocycles. The van der Waals surface area contributed by atoms with Gasteiger partial charge in [0.1, 0.15) is 11.2 Å². The van der Waals surface area contributed by atoms with E-state index in [0.717, 1.165) is 21.9 Å². The van der Waals surface area contributed by atoms with Gasteiger partial charge in [-0.25, -0.2) is 0 Å². The van der Waals surface area contributed by atoms with Crippen LogP contribution in [0.15, 0.2) is 441 Å². The summed E-state index contributed by atoms with van der Waals surface area (Å²) in [7, 11) is 0. The van der Waals surface area contributed by atoms with E-state index in [-0.39, 0.29) is 0 Å². The van der Waals surface area contributed by atoms with E-state index in [9.17, 15) is 0 Å². The van der Waals surface area contributed by atoms with Gasteiger partial charge in [0.05, 0.1) is 0 Å². The Labute approximate surface area is 665 Å². The molecule has 0 atom stereocenters. The van der Waals surface area contributed by atoms with Crippen LogP contribution in [0, 0.1) is 0 Å². The number of furan rings is 1. The van der Waals surface area contributed by atoms with Crippen LogP contribution in [0.3, 0.4) is 0 Å². The van der Waals surface area contributed by atoms with Crippen molar-refractivity contribution in [3.63, 3.8) is 0 Å². The Morgan fingerprint density at radius 1 is 0.113 bits per heavy atom. The molecule has 0 spiro atoms. The monoisotopic (exact) mass is 1460 g/mol. The molecule has 24 aromatic rings. The van der Waals surface area contributed by atoms with E-state index in [2.05, 4.69) is 425 Å². The lowest BCUT2D eigenvalue weighted by atomic mass is 9.84. The van der Waals surface area contributed by atoms with E-state index >= 15 is 0 Å². The Kier molecular flexibility index (Phi) is 16.3. The minimum atomic E-state index is 0.921. The second kappa shape index (κ2) is 28.1. The first-order chi connectivity index (χ1) is 57.1. The summed E-state index contributed by atoms with van der Waals surface area (Å²) in [6, 6.07) is 159. The van der Waals surface area contributed by atoms with Gasteiger partial charge in [0, 0.05) is 10.8 Å². The van der Waals surface area contributed by atoms with Crippen LogP contribution in [-0.2, 0) is 0 Å². The third-order valence-electron chi connectivity index (χ3n) is 23.9. The highest BCUT2D eigenvalue weighted by molar-refractivity contribution is 6.27. The number of rotatable bonds is 7. The highest BCUT2D eigenvalue weighted by Crippen LogP contribution is 2.50. The van der Waals surface area contributed by atoms with Crippen molar-refractivity contribution in [1.29, 1.82) is 0 Å². The largest absolute Gasteiger partial charge is 0.456 e. The van der Waals surface area contributed by atoms with Crippen molar-refractivity contribution >= 4 is 151 Å². The van der Waals surface area contributed by atoms with Crippen LogP contribution in [0.1, 0.15) is 0 Å². The maximum Gasteiger partial charge on any atom is 0.136 e. The average molecular weight is 1460 g/mol. The number of benzene rings is 23. The second-order valence-electron chi connectivity index (χ2n) is 30.3. The van der Waals surface area contributed by atoms with Gasteiger partial charge in [-0.15, -0.1) is 0 Å². The standard InChI is InChI=1S/C44H28.C36H22O.C34H22/c1-2-12-29(13-3-1)43-38-18-6-8-20-40(38)44(41-21-9-7-19-39(41)43)34-17-10-16-32(27-34)35-22-11-23-36-37(35)25-24-33-26-30-14-4-5-15-31(30)28-42(33)36;1-2-12-25-23(10-1)11-9-18-28(25)36-31-16-5-3-14-29(31)35(30-15-4-6-17-32(30)36)24-20-21-27-26-13-7-8-19-33(26)37-34(27)22-24;1-2-11-25(12-3-1)33-28-14-6-8-16-30(28)34(31-17-9-7-15-29(31)33)26-21-20-24-19-18-23-10-4-5-13-27(23)32(24)22-26/h1-28H;1-22H;1-22H. The predicted molar refractivity (Wildman–Crippen MR) is 495 cm³/mol. The van der Waals surface area contributed by atoms with E-state index in [0.29, 0.717) is 0 Å². The van der Waals surface area contributed by atoms with Crippen LogP contribution in [0.25, 0.3) is 229 Å². The topological polar surface area (TPSA) is 13.1 Å². The zero-order valence-electron chi connectivity index (χ0n) is 63.0. The molecule has 115 heavy (non-hydrogen) atoms. The fraction of sp³-hybridized carbons (Fsp3) is 0. The Morgan fingerprint density at radius 3 is 0.974 bits per heavy atom. The van der Waals surface area contributed by atoms with Crippen LogP contribution < -0.4 is 0 Å². The molecular weight excluding hydrogens is 1390 g/mol. The van der Waals surface area contributed by atoms with Crippen molar-refractivity contribution in [2.45, 2.75) is 0 Å². The minimum Gasteiger partial charge on any atom is -0.456 e. The maximum atomic E-state index is 6.28. The maximum absolute atomic E-state index is 6.28. The van der Waals surface area contributed by atoms with Crippen LogP contribution in [0.5, 0.6) is 0 Å². The third-order valence-corrected chi connectivity index (χ3v) is 23.9. The highest BCUT2D eigenvalue weighted by Gasteiger charge is 2.23. The quantitative estimate of drug-likeness (QED) is 0.114. The van der Waals surface area contributed by atoms with Gasteiger partial charge in [0.25, 0.3) is 0 Å². The third kappa shape index (κ3) is 11.5. The van der Waals surface area contributed by atoms with E-state index in [1.54, 1.807) is 0 Å². The van der Waals surface area contributed by atoms with Gasteiger partial charge in [-0.2, -0.15) is 0 Å². The van der Waals surface area contributed by atoms with E-state index in [4.69, 9.17) is 4.42 Å². The normalized spacial score (nSPS) is 11.7. The molecule has 0 N–H and O–H groups in total. The van der Waals surface area contributed by atoms with Crippen molar-refractivity contribution < 1.29 is 4.42 Å². The van der Waals surface area contributed by atoms with Gasteiger partial charge in [-0.3, -0.25) is 0 Å². The predicted octanol–water partition coefficient (Wildman–Crippen LogP) is 32.5. The molecule has 0 unspecified atom stereocenters. The molecule has 1 heteroatoms. The van der Waals surface area contributed by atoms with Crippen LogP contribution >= 0.6 is 0 Å². The summed E-state index contributed by atoms with van der Waals surface area (Å²) in [6.07, 6.45) is 0. The van der Waals surface area contributed by atoms with Gasteiger partial charge in [-0.05, 0) is 250 Å². The highest BCUT2D eigenvalue weighted by atomic mass is 16.3. The van der Waals surface area contributed by atoms with Crippen LogP contribution in [-0.4, -0.2) is 0 Å². The number of hydrogen-bond acceptors (Lipinski definition) is 1. The Hall–Kier alpha value is -15.0. The van der Waals surface area contributed by atoms with Crippen LogP contribution in [0.4, 0.5) is 0 Å². The fourth-order valence-corrected chi connectivity index (χ4v) is 18.8. The molecule has 23 aromatic carbocycles.